The predicted octanol–water partition coefficient (Wildman–Crippen LogP) is 2.03. The van der Waals surface area contributed by atoms with Gasteiger partial charge in [-0.3, -0.25) is 4.90 Å². The third-order valence-electron chi connectivity index (χ3n) is 3.93. The first-order valence-electron chi connectivity index (χ1n) is 7.66. The summed E-state index contributed by atoms with van der Waals surface area (Å²) in [5, 5.41) is 10.2. The quantitative estimate of drug-likeness (QED) is 0.936. The zero-order chi connectivity index (χ0) is 15.4. The molecule has 5 nitrogen and oxygen atoms in total. The number of rotatable bonds is 4. The Morgan fingerprint density at radius 3 is 2.59 bits per heavy atom. The van der Waals surface area contributed by atoms with Gasteiger partial charge in [-0.2, -0.15) is 0 Å². The van der Waals surface area contributed by atoms with E-state index in [1.807, 2.05) is 37.3 Å². The lowest BCUT2D eigenvalue weighted by molar-refractivity contribution is 0.0383. The van der Waals surface area contributed by atoms with Gasteiger partial charge in [-0.25, -0.2) is 9.97 Å². The van der Waals surface area contributed by atoms with Crippen LogP contribution in [0.2, 0.25) is 0 Å². The zero-order valence-corrected chi connectivity index (χ0v) is 12.8. The van der Waals surface area contributed by atoms with Crippen LogP contribution >= 0.6 is 0 Å². The first-order chi connectivity index (χ1) is 10.7. The van der Waals surface area contributed by atoms with Gasteiger partial charge in [-0.05, 0) is 6.92 Å². The third kappa shape index (κ3) is 3.43. The Labute approximate surface area is 130 Å². The maximum absolute atomic E-state index is 10.2. The molecule has 5 heteroatoms. The van der Waals surface area contributed by atoms with Crippen molar-refractivity contribution in [3.8, 4) is 17.1 Å². The SMILES string of the molecule is Cc1nc(-c2ccccc2)nc(CCN2CCOCC2)c1O. The second kappa shape index (κ2) is 6.85. The molecule has 2 aromatic rings. The molecule has 2 heterocycles. The number of aromatic hydroxyl groups is 1. The molecule has 0 bridgehead atoms. The van der Waals surface area contributed by atoms with Gasteiger partial charge in [0.05, 0.1) is 24.6 Å². The minimum Gasteiger partial charge on any atom is -0.504 e. The average Bonchev–Trinajstić information content (AvgIpc) is 2.58. The molecule has 1 fully saturated rings. The fraction of sp³-hybridized carbons (Fsp3) is 0.412. The Kier molecular flexibility index (Phi) is 4.65. The summed E-state index contributed by atoms with van der Waals surface area (Å²) in [7, 11) is 0. The molecule has 0 unspecified atom stereocenters. The van der Waals surface area contributed by atoms with E-state index in [0.717, 1.165) is 50.5 Å². The summed E-state index contributed by atoms with van der Waals surface area (Å²) in [6.07, 6.45) is 0.717. The molecule has 1 aromatic carbocycles. The lowest BCUT2D eigenvalue weighted by Crippen LogP contribution is -2.37. The number of hydrogen-bond acceptors (Lipinski definition) is 5. The molecule has 0 saturated carbocycles. The van der Waals surface area contributed by atoms with Crippen molar-refractivity contribution in [1.82, 2.24) is 14.9 Å². The Morgan fingerprint density at radius 2 is 1.86 bits per heavy atom. The summed E-state index contributed by atoms with van der Waals surface area (Å²) in [5.74, 6) is 0.890. The van der Waals surface area contributed by atoms with Crippen LogP contribution in [-0.2, 0) is 11.2 Å². The molecule has 0 aliphatic carbocycles. The summed E-state index contributed by atoms with van der Waals surface area (Å²) < 4.78 is 5.35. The molecule has 0 amide bonds. The monoisotopic (exact) mass is 299 g/mol. The maximum atomic E-state index is 10.2. The highest BCUT2D eigenvalue weighted by molar-refractivity contribution is 5.56. The van der Waals surface area contributed by atoms with Crippen molar-refractivity contribution >= 4 is 0 Å². The second-order valence-electron chi connectivity index (χ2n) is 5.50. The van der Waals surface area contributed by atoms with E-state index in [4.69, 9.17) is 4.74 Å². The van der Waals surface area contributed by atoms with Crippen molar-refractivity contribution in [2.24, 2.45) is 0 Å². The van der Waals surface area contributed by atoms with E-state index >= 15 is 0 Å². The lowest BCUT2D eigenvalue weighted by atomic mass is 10.1. The molecule has 116 valence electrons. The van der Waals surface area contributed by atoms with Crippen molar-refractivity contribution < 1.29 is 9.84 Å². The van der Waals surface area contributed by atoms with Crippen LogP contribution in [0.25, 0.3) is 11.4 Å². The van der Waals surface area contributed by atoms with Gasteiger partial charge in [-0.15, -0.1) is 0 Å². The molecule has 1 saturated heterocycles. The van der Waals surface area contributed by atoms with E-state index in [2.05, 4.69) is 14.9 Å². The van der Waals surface area contributed by atoms with Gasteiger partial charge in [0.2, 0.25) is 0 Å². The largest absolute Gasteiger partial charge is 0.504 e. The summed E-state index contributed by atoms with van der Waals surface area (Å²) in [4.78, 5) is 11.3. The van der Waals surface area contributed by atoms with Crippen LogP contribution in [0.5, 0.6) is 5.75 Å². The van der Waals surface area contributed by atoms with Gasteiger partial charge < -0.3 is 9.84 Å². The van der Waals surface area contributed by atoms with Crippen molar-refractivity contribution in [1.29, 1.82) is 0 Å². The van der Waals surface area contributed by atoms with Crippen LogP contribution in [0.3, 0.4) is 0 Å². The fourth-order valence-corrected chi connectivity index (χ4v) is 2.61. The van der Waals surface area contributed by atoms with Gasteiger partial charge in [-0.1, -0.05) is 30.3 Å². The molecule has 0 atom stereocenters. The molecule has 1 N–H and O–H groups in total. The van der Waals surface area contributed by atoms with Crippen LogP contribution in [0, 0.1) is 6.92 Å². The van der Waals surface area contributed by atoms with Crippen LogP contribution in [0.4, 0.5) is 0 Å². The van der Waals surface area contributed by atoms with Crippen LogP contribution in [0.1, 0.15) is 11.4 Å². The molecule has 0 spiro atoms. The molecular formula is C17H21N3O2. The van der Waals surface area contributed by atoms with Crippen LogP contribution < -0.4 is 0 Å². The highest BCUT2D eigenvalue weighted by Gasteiger charge is 2.15. The average molecular weight is 299 g/mol. The normalized spacial score (nSPS) is 15.9. The summed E-state index contributed by atoms with van der Waals surface area (Å²) in [5.41, 5.74) is 2.32. The van der Waals surface area contributed by atoms with E-state index in [1.54, 1.807) is 0 Å². The maximum Gasteiger partial charge on any atom is 0.159 e. The van der Waals surface area contributed by atoms with E-state index in [9.17, 15) is 5.11 Å². The highest BCUT2D eigenvalue weighted by atomic mass is 16.5. The molecule has 22 heavy (non-hydrogen) atoms. The third-order valence-corrected chi connectivity index (χ3v) is 3.93. The van der Waals surface area contributed by atoms with Crippen molar-refractivity contribution in [2.75, 3.05) is 32.8 Å². The van der Waals surface area contributed by atoms with E-state index in [-0.39, 0.29) is 5.75 Å². The number of nitrogens with zero attached hydrogens (tertiary/aromatic N) is 3. The number of ether oxygens (including phenoxy) is 1. The number of aryl methyl sites for hydroxylation is 1. The first kappa shape index (κ1) is 14.9. The van der Waals surface area contributed by atoms with Crippen molar-refractivity contribution in [3.63, 3.8) is 0 Å². The van der Waals surface area contributed by atoms with Gasteiger partial charge in [0.15, 0.2) is 11.6 Å². The fourth-order valence-electron chi connectivity index (χ4n) is 2.61. The topological polar surface area (TPSA) is 58.5 Å². The summed E-state index contributed by atoms with van der Waals surface area (Å²) in [6.45, 7) is 6.14. The van der Waals surface area contributed by atoms with Crippen LogP contribution in [0.15, 0.2) is 30.3 Å². The van der Waals surface area contributed by atoms with Gasteiger partial charge in [0.25, 0.3) is 0 Å². The van der Waals surface area contributed by atoms with Crippen LogP contribution in [-0.4, -0.2) is 52.8 Å². The highest BCUT2D eigenvalue weighted by Crippen LogP contribution is 2.24. The molecule has 1 aliphatic rings. The molecule has 1 aliphatic heterocycles. The molecular weight excluding hydrogens is 278 g/mol. The zero-order valence-electron chi connectivity index (χ0n) is 12.8. The van der Waals surface area contributed by atoms with Gasteiger partial charge in [0.1, 0.15) is 0 Å². The number of aromatic nitrogens is 2. The van der Waals surface area contributed by atoms with Gasteiger partial charge >= 0.3 is 0 Å². The minimum absolute atomic E-state index is 0.216. The number of hydrogen-bond donors (Lipinski definition) is 1. The Balaban J connectivity index is 1.79. The van der Waals surface area contributed by atoms with E-state index < -0.39 is 0 Å². The predicted molar refractivity (Wildman–Crippen MR) is 84.8 cm³/mol. The van der Waals surface area contributed by atoms with Crippen molar-refractivity contribution in [3.05, 3.63) is 41.7 Å². The second-order valence-corrected chi connectivity index (χ2v) is 5.50. The first-order valence-corrected chi connectivity index (χ1v) is 7.66. The Bertz CT molecular complexity index is 625. The van der Waals surface area contributed by atoms with Crippen molar-refractivity contribution in [2.45, 2.75) is 13.3 Å². The van der Waals surface area contributed by atoms with E-state index in [1.165, 1.54) is 0 Å². The summed E-state index contributed by atoms with van der Waals surface area (Å²) in [6, 6.07) is 9.87. The summed E-state index contributed by atoms with van der Waals surface area (Å²) >= 11 is 0. The minimum atomic E-state index is 0.216. The smallest absolute Gasteiger partial charge is 0.159 e. The standard InChI is InChI=1S/C17H21N3O2/c1-13-16(21)15(7-8-20-9-11-22-12-10-20)19-17(18-13)14-5-3-2-4-6-14/h2-6,21H,7-12H2,1H3. The molecule has 3 rings (SSSR count). The van der Waals surface area contributed by atoms with Gasteiger partial charge in [0, 0.05) is 31.6 Å². The molecule has 1 aromatic heterocycles. The number of benzene rings is 1. The Morgan fingerprint density at radius 1 is 1.14 bits per heavy atom. The molecule has 0 radical (unpaired) electrons. The number of morpholine rings is 1. The Hall–Kier alpha value is -1.98. The van der Waals surface area contributed by atoms with E-state index in [0.29, 0.717) is 11.5 Å². The lowest BCUT2D eigenvalue weighted by Gasteiger charge is -2.26.